The van der Waals surface area contributed by atoms with Gasteiger partial charge in [0.05, 0.1) is 22.5 Å². The third-order valence-corrected chi connectivity index (χ3v) is 5.49. The van der Waals surface area contributed by atoms with Gasteiger partial charge in [0.25, 0.3) is 0 Å². The molecular weight excluding hydrogens is 427 g/mol. The summed E-state index contributed by atoms with van der Waals surface area (Å²) in [6, 6.07) is 10.2. The molecule has 0 spiro atoms. The first-order valence-corrected chi connectivity index (χ1v) is 10.7. The maximum atomic E-state index is 12.1. The van der Waals surface area contributed by atoms with E-state index >= 15 is 0 Å². The highest BCUT2D eigenvalue weighted by Gasteiger charge is 2.20. The van der Waals surface area contributed by atoms with Crippen LogP contribution in [0.2, 0.25) is 10.0 Å². The summed E-state index contributed by atoms with van der Waals surface area (Å²) in [7, 11) is -3.62. The number of benzene rings is 2. The fourth-order valence-corrected chi connectivity index (χ4v) is 3.85. The van der Waals surface area contributed by atoms with Gasteiger partial charge in [-0.3, -0.25) is 9.10 Å². The van der Waals surface area contributed by atoms with Gasteiger partial charge in [0.1, 0.15) is 0 Å². The Morgan fingerprint density at radius 3 is 2.32 bits per heavy atom. The summed E-state index contributed by atoms with van der Waals surface area (Å²) in [5.41, 5.74) is 0.814. The van der Waals surface area contributed by atoms with Crippen LogP contribution in [-0.4, -0.2) is 38.2 Å². The van der Waals surface area contributed by atoms with Gasteiger partial charge in [-0.1, -0.05) is 23.2 Å². The maximum absolute atomic E-state index is 12.1. The van der Waals surface area contributed by atoms with Crippen molar-refractivity contribution < 1.29 is 23.1 Å². The van der Waals surface area contributed by atoms with Crippen LogP contribution in [-0.2, 0) is 14.8 Å². The molecule has 0 aromatic heterocycles. The molecule has 0 radical (unpaired) electrons. The fraction of sp³-hybridized carbons (Fsp3) is 0.222. The lowest BCUT2D eigenvalue weighted by Gasteiger charge is -2.23. The van der Waals surface area contributed by atoms with E-state index in [4.69, 9.17) is 28.3 Å². The number of hydrogen-bond acceptors (Lipinski definition) is 4. The Hall–Kier alpha value is -2.29. The second-order valence-electron chi connectivity index (χ2n) is 5.97. The van der Waals surface area contributed by atoms with Crippen molar-refractivity contribution in [1.29, 1.82) is 0 Å². The minimum atomic E-state index is -3.62. The van der Waals surface area contributed by atoms with Crippen LogP contribution in [0.3, 0.4) is 0 Å². The van der Waals surface area contributed by atoms with Crippen LogP contribution in [0, 0.1) is 0 Å². The highest BCUT2D eigenvalue weighted by molar-refractivity contribution is 7.92. The number of carbonyl (C=O) groups excluding carboxylic acids is 1. The van der Waals surface area contributed by atoms with E-state index in [1.54, 1.807) is 6.07 Å². The SMILES string of the molecule is CS(=O)(=O)N(CCCC(=O)Nc1ccc(C(=O)O)cc1)c1cc(Cl)ccc1Cl. The monoisotopic (exact) mass is 444 g/mol. The molecule has 150 valence electrons. The Bertz CT molecular complexity index is 978. The summed E-state index contributed by atoms with van der Waals surface area (Å²) in [5.74, 6) is -1.38. The number of carboxylic acid groups (broad SMARTS) is 1. The highest BCUT2D eigenvalue weighted by Crippen LogP contribution is 2.30. The van der Waals surface area contributed by atoms with E-state index in [1.807, 2.05) is 0 Å². The minimum Gasteiger partial charge on any atom is -0.478 e. The molecule has 0 aliphatic carbocycles. The van der Waals surface area contributed by atoms with Crippen LogP contribution in [0.1, 0.15) is 23.2 Å². The average molecular weight is 445 g/mol. The lowest BCUT2D eigenvalue weighted by molar-refractivity contribution is -0.116. The quantitative estimate of drug-likeness (QED) is 0.642. The molecule has 0 fully saturated rings. The predicted molar refractivity (Wildman–Crippen MR) is 110 cm³/mol. The number of amides is 1. The third kappa shape index (κ3) is 6.12. The number of anilines is 2. The van der Waals surface area contributed by atoms with Crippen molar-refractivity contribution in [3.8, 4) is 0 Å². The van der Waals surface area contributed by atoms with E-state index in [1.165, 1.54) is 36.4 Å². The number of aromatic carboxylic acids is 1. The molecule has 0 aliphatic heterocycles. The minimum absolute atomic E-state index is 0.0459. The van der Waals surface area contributed by atoms with Crippen molar-refractivity contribution in [2.24, 2.45) is 0 Å². The zero-order chi connectivity index (χ0) is 20.9. The van der Waals surface area contributed by atoms with Gasteiger partial charge in [-0.2, -0.15) is 0 Å². The lowest BCUT2D eigenvalue weighted by atomic mass is 10.2. The molecule has 7 nitrogen and oxygen atoms in total. The molecule has 0 aliphatic rings. The van der Waals surface area contributed by atoms with Crippen molar-refractivity contribution >= 4 is 56.5 Å². The number of halogens is 2. The van der Waals surface area contributed by atoms with E-state index in [9.17, 15) is 18.0 Å². The van der Waals surface area contributed by atoms with E-state index in [0.717, 1.165) is 10.6 Å². The Morgan fingerprint density at radius 2 is 1.75 bits per heavy atom. The number of carbonyl (C=O) groups is 2. The maximum Gasteiger partial charge on any atom is 0.335 e. The van der Waals surface area contributed by atoms with Crippen molar-refractivity contribution in [1.82, 2.24) is 0 Å². The Kier molecular flexibility index (Phi) is 7.29. The Balaban J connectivity index is 1.99. The predicted octanol–water partition coefficient (Wildman–Crippen LogP) is 3.88. The molecule has 0 atom stereocenters. The van der Waals surface area contributed by atoms with E-state index in [0.29, 0.717) is 10.7 Å². The molecule has 0 heterocycles. The van der Waals surface area contributed by atoms with Gasteiger partial charge < -0.3 is 10.4 Å². The number of rotatable bonds is 8. The first-order valence-electron chi connectivity index (χ1n) is 8.14. The zero-order valence-electron chi connectivity index (χ0n) is 14.9. The summed E-state index contributed by atoms with van der Waals surface area (Å²) in [6.45, 7) is 0.0459. The fourth-order valence-electron chi connectivity index (χ4n) is 2.44. The van der Waals surface area contributed by atoms with Crippen LogP contribution in [0.4, 0.5) is 11.4 Å². The van der Waals surface area contributed by atoms with Gasteiger partial charge in [-0.25, -0.2) is 13.2 Å². The molecule has 0 unspecified atom stereocenters. The lowest BCUT2D eigenvalue weighted by Crippen LogP contribution is -2.31. The molecule has 0 saturated heterocycles. The van der Waals surface area contributed by atoms with Crippen LogP contribution >= 0.6 is 23.2 Å². The van der Waals surface area contributed by atoms with Crippen LogP contribution in [0.15, 0.2) is 42.5 Å². The first kappa shape index (κ1) is 22.0. The summed E-state index contributed by atoms with van der Waals surface area (Å²) in [4.78, 5) is 22.9. The standard InChI is InChI=1S/C18H18Cl2N2O5S/c1-28(26,27)22(16-11-13(19)6-9-15(16)20)10-2-3-17(23)21-14-7-4-12(5-8-14)18(24)25/h4-9,11H,2-3,10H2,1H3,(H,21,23)(H,24,25). The van der Waals surface area contributed by atoms with Crippen LogP contribution in [0.25, 0.3) is 0 Å². The van der Waals surface area contributed by atoms with Crippen molar-refractivity contribution in [2.75, 3.05) is 22.4 Å². The van der Waals surface area contributed by atoms with Gasteiger partial charge in [-0.15, -0.1) is 0 Å². The zero-order valence-corrected chi connectivity index (χ0v) is 17.2. The molecule has 0 saturated carbocycles. The molecular formula is C18H18Cl2N2O5S. The second-order valence-corrected chi connectivity index (χ2v) is 8.72. The summed E-state index contributed by atoms with van der Waals surface area (Å²) >= 11 is 12.0. The molecule has 28 heavy (non-hydrogen) atoms. The molecule has 0 bridgehead atoms. The van der Waals surface area contributed by atoms with E-state index in [2.05, 4.69) is 5.32 Å². The Morgan fingerprint density at radius 1 is 1.11 bits per heavy atom. The third-order valence-electron chi connectivity index (χ3n) is 3.76. The molecule has 1 amide bonds. The summed E-state index contributed by atoms with van der Waals surface area (Å²) in [5, 5.41) is 12.1. The number of hydrogen-bond donors (Lipinski definition) is 2. The van der Waals surface area contributed by atoms with E-state index in [-0.39, 0.29) is 41.6 Å². The number of carboxylic acids is 1. The number of sulfonamides is 1. The van der Waals surface area contributed by atoms with Gasteiger partial charge >= 0.3 is 5.97 Å². The van der Waals surface area contributed by atoms with Crippen molar-refractivity contribution in [2.45, 2.75) is 12.8 Å². The normalized spacial score (nSPS) is 11.1. The van der Waals surface area contributed by atoms with Crippen molar-refractivity contribution in [3.05, 3.63) is 58.1 Å². The van der Waals surface area contributed by atoms with Crippen molar-refractivity contribution in [3.63, 3.8) is 0 Å². The van der Waals surface area contributed by atoms with Crippen LogP contribution < -0.4 is 9.62 Å². The number of nitrogens with one attached hydrogen (secondary N) is 1. The largest absolute Gasteiger partial charge is 0.478 e. The smallest absolute Gasteiger partial charge is 0.335 e. The topological polar surface area (TPSA) is 104 Å². The van der Waals surface area contributed by atoms with E-state index < -0.39 is 16.0 Å². The van der Waals surface area contributed by atoms with Gasteiger partial charge in [0, 0.05) is 23.7 Å². The first-order chi connectivity index (χ1) is 13.1. The molecule has 2 aromatic rings. The highest BCUT2D eigenvalue weighted by atomic mass is 35.5. The van der Waals surface area contributed by atoms with Gasteiger partial charge in [0.15, 0.2) is 0 Å². The second kappa shape index (κ2) is 9.27. The molecule has 10 heteroatoms. The van der Waals surface area contributed by atoms with Gasteiger partial charge in [-0.05, 0) is 48.9 Å². The number of nitrogens with zero attached hydrogens (tertiary/aromatic N) is 1. The van der Waals surface area contributed by atoms with Gasteiger partial charge in [0.2, 0.25) is 15.9 Å². The summed E-state index contributed by atoms with van der Waals surface area (Å²) in [6.07, 6.45) is 1.36. The summed E-state index contributed by atoms with van der Waals surface area (Å²) < 4.78 is 25.4. The average Bonchev–Trinajstić information content (AvgIpc) is 2.60. The Labute approximate surface area is 172 Å². The van der Waals surface area contributed by atoms with Crippen LogP contribution in [0.5, 0.6) is 0 Å². The molecule has 2 aromatic carbocycles. The molecule has 2 N–H and O–H groups in total. The molecule has 2 rings (SSSR count).